The quantitative estimate of drug-likeness (QED) is 0.519. The van der Waals surface area contributed by atoms with Gasteiger partial charge in [-0.2, -0.15) is 0 Å². The van der Waals surface area contributed by atoms with E-state index < -0.39 is 52.7 Å². The van der Waals surface area contributed by atoms with Crippen LogP contribution in [-0.4, -0.2) is 39.9 Å². The third kappa shape index (κ3) is 2.63. The third-order valence-electron chi connectivity index (χ3n) is 7.67. The second kappa shape index (κ2) is 7.15. The summed E-state index contributed by atoms with van der Waals surface area (Å²) < 4.78 is 20.3. The van der Waals surface area contributed by atoms with E-state index in [4.69, 9.17) is 4.74 Å². The Hall–Kier alpha value is -3.19. The second-order valence-electron chi connectivity index (χ2n) is 9.37. The summed E-state index contributed by atoms with van der Waals surface area (Å²) in [4.78, 5) is 56.1. The molecule has 2 saturated heterocycles. The Morgan fingerprint density at radius 3 is 2.15 bits per heavy atom. The van der Waals surface area contributed by atoms with E-state index in [1.54, 1.807) is 30.3 Å². The highest BCUT2D eigenvalue weighted by molar-refractivity contribution is 6.35. The van der Waals surface area contributed by atoms with Crippen molar-refractivity contribution in [2.24, 2.45) is 11.8 Å². The van der Waals surface area contributed by atoms with Crippen molar-refractivity contribution in [3.63, 3.8) is 0 Å². The number of ether oxygens (including phenoxy) is 1. The second-order valence-corrected chi connectivity index (χ2v) is 9.37. The maximum atomic E-state index is 14.1. The minimum absolute atomic E-state index is 0.192. The van der Waals surface area contributed by atoms with Crippen LogP contribution in [0.4, 0.5) is 4.39 Å². The Labute approximate surface area is 189 Å². The van der Waals surface area contributed by atoms with E-state index in [9.17, 15) is 23.6 Å². The largest absolute Gasteiger partial charge is 0.349 e. The van der Waals surface area contributed by atoms with Crippen molar-refractivity contribution >= 4 is 23.4 Å². The van der Waals surface area contributed by atoms with Gasteiger partial charge in [-0.1, -0.05) is 55.7 Å². The lowest BCUT2D eigenvalue weighted by atomic mass is 9.77. The average molecular weight is 447 g/mol. The molecule has 3 unspecified atom stereocenters. The Morgan fingerprint density at radius 2 is 1.52 bits per heavy atom. The number of halogens is 1. The van der Waals surface area contributed by atoms with E-state index in [1.807, 2.05) is 0 Å². The van der Waals surface area contributed by atoms with Crippen LogP contribution in [0.5, 0.6) is 0 Å². The smallest absolute Gasteiger partial charge is 0.237 e. The number of nitrogens with zero attached hydrogens (tertiary/aromatic N) is 1. The number of carbonyl (C=O) groups is 4. The van der Waals surface area contributed by atoms with Gasteiger partial charge in [-0.05, 0) is 30.5 Å². The highest BCUT2D eigenvalue weighted by Gasteiger charge is 2.75. The van der Waals surface area contributed by atoms with E-state index in [2.05, 4.69) is 0 Å². The maximum Gasteiger partial charge on any atom is 0.237 e. The number of fused-ring (bicyclic) bond motifs is 3. The number of ketones is 2. The lowest BCUT2D eigenvalue weighted by molar-refractivity contribution is -0.148. The number of Topliss-reactive ketones (excluding diaryl/α,β-unsaturated/α-hetero) is 2. The van der Waals surface area contributed by atoms with Crippen LogP contribution >= 0.6 is 0 Å². The fourth-order valence-electron chi connectivity index (χ4n) is 6.22. The summed E-state index contributed by atoms with van der Waals surface area (Å²) in [6.45, 7) is 0. The van der Waals surface area contributed by atoms with Crippen LogP contribution in [-0.2, 0) is 14.3 Å². The van der Waals surface area contributed by atoms with Gasteiger partial charge in [0.05, 0.1) is 17.9 Å². The van der Waals surface area contributed by atoms with E-state index in [0.717, 1.165) is 19.3 Å². The number of imide groups is 1. The van der Waals surface area contributed by atoms with E-state index in [1.165, 1.54) is 23.1 Å². The van der Waals surface area contributed by atoms with Gasteiger partial charge in [0.1, 0.15) is 5.82 Å². The van der Waals surface area contributed by atoms with E-state index in [0.29, 0.717) is 18.4 Å². The van der Waals surface area contributed by atoms with Crippen LogP contribution < -0.4 is 0 Å². The van der Waals surface area contributed by atoms with E-state index >= 15 is 0 Å². The number of hydrogen-bond donors (Lipinski definition) is 0. The number of hydrogen-bond acceptors (Lipinski definition) is 5. The van der Waals surface area contributed by atoms with Gasteiger partial charge in [-0.3, -0.25) is 24.1 Å². The van der Waals surface area contributed by atoms with E-state index in [-0.39, 0.29) is 17.2 Å². The highest BCUT2D eigenvalue weighted by Crippen LogP contribution is 2.57. The van der Waals surface area contributed by atoms with Crippen molar-refractivity contribution in [2.45, 2.75) is 49.9 Å². The first-order valence-corrected chi connectivity index (χ1v) is 11.4. The molecule has 168 valence electrons. The molecule has 3 atom stereocenters. The van der Waals surface area contributed by atoms with Gasteiger partial charge >= 0.3 is 0 Å². The van der Waals surface area contributed by atoms with Crippen molar-refractivity contribution in [1.82, 2.24) is 4.90 Å². The minimum atomic E-state index is -2.10. The zero-order valence-corrected chi connectivity index (χ0v) is 17.8. The topological polar surface area (TPSA) is 80.8 Å². The van der Waals surface area contributed by atoms with Crippen LogP contribution in [0.1, 0.15) is 64.5 Å². The summed E-state index contributed by atoms with van der Waals surface area (Å²) in [5.41, 5.74) is -1.37. The van der Waals surface area contributed by atoms with Crippen LogP contribution in [0.15, 0.2) is 48.5 Å². The summed E-state index contributed by atoms with van der Waals surface area (Å²) in [6.07, 6.45) is 3.21. The van der Waals surface area contributed by atoms with Crippen molar-refractivity contribution in [2.75, 3.05) is 0 Å². The molecule has 2 aliphatic carbocycles. The Kier molecular flexibility index (Phi) is 4.43. The molecule has 1 saturated carbocycles. The number of carbonyl (C=O) groups excluding carboxylic acids is 4. The van der Waals surface area contributed by atoms with Crippen LogP contribution in [0.2, 0.25) is 0 Å². The molecule has 2 aliphatic heterocycles. The lowest BCUT2D eigenvalue weighted by Gasteiger charge is -2.33. The van der Waals surface area contributed by atoms with Gasteiger partial charge in [0.15, 0.2) is 0 Å². The summed E-state index contributed by atoms with van der Waals surface area (Å²) in [6, 6.07) is 11.7. The minimum Gasteiger partial charge on any atom is -0.349 e. The highest BCUT2D eigenvalue weighted by atomic mass is 19.1. The average Bonchev–Trinajstić information content (AvgIpc) is 3.40. The predicted octanol–water partition coefficient (Wildman–Crippen LogP) is 3.65. The Bertz CT molecular complexity index is 1180. The Balaban J connectivity index is 1.51. The zero-order valence-electron chi connectivity index (χ0n) is 17.8. The molecule has 0 N–H and O–H groups in total. The number of benzene rings is 2. The van der Waals surface area contributed by atoms with Crippen molar-refractivity contribution in [1.29, 1.82) is 0 Å². The first kappa shape index (κ1) is 20.4. The summed E-state index contributed by atoms with van der Waals surface area (Å²) in [5.74, 6) is -4.98. The number of rotatable bonds is 2. The molecule has 33 heavy (non-hydrogen) atoms. The molecule has 6 nitrogen and oxygen atoms in total. The maximum absolute atomic E-state index is 14.1. The molecule has 0 aromatic heterocycles. The molecule has 7 heteroatoms. The molecule has 2 heterocycles. The molecule has 3 fully saturated rings. The van der Waals surface area contributed by atoms with Gasteiger partial charge in [0, 0.05) is 17.2 Å². The summed E-state index contributed by atoms with van der Waals surface area (Å²) >= 11 is 0. The zero-order chi connectivity index (χ0) is 22.9. The van der Waals surface area contributed by atoms with Gasteiger partial charge < -0.3 is 4.74 Å². The van der Waals surface area contributed by atoms with Crippen molar-refractivity contribution < 1.29 is 28.3 Å². The van der Waals surface area contributed by atoms with Crippen LogP contribution in [0, 0.1) is 17.7 Å². The third-order valence-corrected chi connectivity index (χ3v) is 7.67. The summed E-state index contributed by atoms with van der Waals surface area (Å²) in [7, 11) is 0. The first-order chi connectivity index (χ1) is 15.9. The number of likely N-dealkylation sites (tertiary alicyclic amines) is 1. The molecular formula is C26H22FNO5. The molecule has 2 aromatic rings. The Morgan fingerprint density at radius 1 is 0.848 bits per heavy atom. The molecule has 0 bridgehead atoms. The monoisotopic (exact) mass is 447 g/mol. The SMILES string of the molecule is O=C1C2C(c3cccc(F)c3)OC3(C(=O)c4ccccc4C3=O)C2C(=O)N1C1CCCCC1. The first-order valence-electron chi connectivity index (χ1n) is 11.4. The van der Waals surface area contributed by atoms with Gasteiger partial charge in [-0.25, -0.2) is 4.39 Å². The molecule has 0 radical (unpaired) electrons. The van der Waals surface area contributed by atoms with Crippen LogP contribution in [0.3, 0.4) is 0 Å². The van der Waals surface area contributed by atoms with Gasteiger partial charge in [-0.15, -0.1) is 0 Å². The van der Waals surface area contributed by atoms with Crippen molar-refractivity contribution in [3.05, 3.63) is 71.0 Å². The standard InChI is InChI=1S/C26H22FNO5/c27-15-8-6-7-14(13-15)21-19-20(25(32)28(24(19)31)16-9-2-1-3-10-16)26(33-21)22(29)17-11-4-5-12-18(17)23(26)30/h4-8,11-13,16,19-21H,1-3,9-10H2. The van der Waals surface area contributed by atoms with Gasteiger partial charge in [0.25, 0.3) is 0 Å². The molecular weight excluding hydrogens is 425 g/mol. The lowest BCUT2D eigenvalue weighted by Crippen LogP contribution is -2.52. The molecule has 6 rings (SSSR count). The molecule has 1 spiro atoms. The van der Waals surface area contributed by atoms with Gasteiger partial charge in [0.2, 0.25) is 29.0 Å². The predicted molar refractivity (Wildman–Crippen MR) is 114 cm³/mol. The summed E-state index contributed by atoms with van der Waals surface area (Å²) in [5, 5.41) is 0. The van der Waals surface area contributed by atoms with Crippen LogP contribution in [0.25, 0.3) is 0 Å². The van der Waals surface area contributed by atoms with Crippen molar-refractivity contribution in [3.8, 4) is 0 Å². The fourth-order valence-corrected chi connectivity index (χ4v) is 6.22. The number of amides is 2. The molecule has 2 amide bonds. The normalized spacial score (nSPS) is 28.6. The molecule has 4 aliphatic rings. The molecule has 2 aromatic carbocycles. The fraction of sp³-hybridized carbons (Fsp3) is 0.385.